The minimum Gasteiger partial charge on any atom is -0.780 e. The van der Waals surface area contributed by atoms with E-state index in [0.717, 1.165) is 0 Å². The van der Waals surface area contributed by atoms with Gasteiger partial charge in [-0.1, -0.05) is 11.8 Å². The first-order chi connectivity index (χ1) is 21.3. The van der Waals surface area contributed by atoms with Crippen LogP contribution in [0.1, 0.15) is 24.3 Å². The predicted octanol–water partition coefficient (Wildman–Crippen LogP) is -1.66. The smallest absolute Gasteiger partial charge is 0.280 e. The summed E-state index contributed by atoms with van der Waals surface area (Å²) in [5.74, 6) is -1.19. The largest absolute Gasteiger partial charge is 0.780 e. The van der Waals surface area contributed by atoms with Gasteiger partial charge in [0.2, 0.25) is 11.9 Å². The molecule has 20 nitrogen and oxygen atoms in total. The Balaban J connectivity index is 1.14. The normalized spacial score (nSPS) is 38.4. The number of aliphatic hydroxyl groups is 1. The van der Waals surface area contributed by atoms with E-state index < -0.39 is 86.6 Å². The van der Waals surface area contributed by atoms with Crippen LogP contribution in [0.5, 0.6) is 0 Å². The number of nitrogens with zero attached hydrogens (tertiary/aromatic N) is 5. The van der Waals surface area contributed by atoms with Crippen molar-refractivity contribution in [3.05, 3.63) is 32.7 Å². The number of aromatic nitrogens is 6. The predicted molar refractivity (Wildman–Crippen MR) is 157 cm³/mol. The second kappa shape index (κ2) is 11.3. The highest BCUT2D eigenvalue weighted by Gasteiger charge is 2.51. The number of fused-ring (bicyclic) bond motifs is 4. The van der Waals surface area contributed by atoms with Crippen LogP contribution in [0, 0.1) is 0 Å². The molecule has 0 spiro atoms. The number of H-pyrrole nitrogens is 2. The molecule has 242 valence electrons. The fourth-order valence-electron chi connectivity index (χ4n) is 5.64. The average Bonchev–Trinajstić information content (AvgIpc) is 3.71. The molecule has 10 atom stereocenters. The zero-order valence-corrected chi connectivity index (χ0v) is 25.9. The second-order valence-electron chi connectivity index (χ2n) is 10.5. The van der Waals surface area contributed by atoms with E-state index in [0.29, 0.717) is 0 Å². The van der Waals surface area contributed by atoms with Gasteiger partial charge in [0.25, 0.3) is 11.1 Å². The molecular formula is C21H23N9O11P2S2-2. The lowest BCUT2D eigenvalue weighted by atomic mass is 9.95. The number of hydrogen-bond donors (Lipinski definition) is 5. The Morgan fingerprint density at radius 2 is 1.78 bits per heavy atom. The maximum atomic E-state index is 13.4. The van der Waals surface area contributed by atoms with Crippen LogP contribution in [0.2, 0.25) is 0 Å². The average molecular weight is 704 g/mol. The van der Waals surface area contributed by atoms with E-state index in [9.17, 15) is 24.2 Å². The molecule has 7 rings (SSSR count). The Bertz CT molecular complexity index is 1920. The maximum Gasteiger partial charge on any atom is 0.280 e. The van der Waals surface area contributed by atoms with E-state index in [-0.39, 0.29) is 40.9 Å². The lowest BCUT2D eigenvalue weighted by Gasteiger charge is -2.36. The summed E-state index contributed by atoms with van der Waals surface area (Å²) in [7, 11) is 0. The van der Waals surface area contributed by atoms with Crippen LogP contribution >= 0.6 is 13.5 Å². The van der Waals surface area contributed by atoms with Crippen molar-refractivity contribution in [3.63, 3.8) is 0 Å². The van der Waals surface area contributed by atoms with Crippen LogP contribution in [0.25, 0.3) is 11.2 Å². The van der Waals surface area contributed by atoms with Gasteiger partial charge in [0, 0.05) is 12.6 Å². The molecule has 24 heteroatoms. The summed E-state index contributed by atoms with van der Waals surface area (Å²) in [6.07, 6.45) is -5.67. The van der Waals surface area contributed by atoms with Crippen LogP contribution in [0.4, 0.5) is 17.6 Å². The van der Waals surface area contributed by atoms with E-state index in [1.54, 1.807) is 0 Å². The van der Waals surface area contributed by atoms with Crippen molar-refractivity contribution in [1.82, 2.24) is 29.5 Å². The van der Waals surface area contributed by atoms with Gasteiger partial charge in [-0.15, -0.1) is 0 Å². The molecule has 7 heterocycles. The van der Waals surface area contributed by atoms with Crippen molar-refractivity contribution in [1.29, 1.82) is 0 Å². The molecule has 0 saturated carbocycles. The lowest BCUT2D eigenvalue weighted by molar-refractivity contribution is -0.215. The van der Waals surface area contributed by atoms with Gasteiger partial charge < -0.3 is 61.3 Å². The van der Waals surface area contributed by atoms with E-state index >= 15 is 0 Å². The molecule has 45 heavy (non-hydrogen) atoms. The first kappa shape index (κ1) is 31.0. The summed E-state index contributed by atoms with van der Waals surface area (Å²) in [4.78, 5) is 58.9. The Morgan fingerprint density at radius 3 is 2.58 bits per heavy atom. The molecule has 0 bridgehead atoms. The van der Waals surface area contributed by atoms with Gasteiger partial charge in [-0.25, -0.2) is 9.97 Å². The Hall–Kier alpha value is -2.59. The van der Waals surface area contributed by atoms with Gasteiger partial charge in [0.1, 0.15) is 43.5 Å². The number of nitrogen functional groups attached to an aromatic ring is 2. The summed E-state index contributed by atoms with van der Waals surface area (Å²) >= 11 is 10.3. The second-order valence-corrected chi connectivity index (χ2v) is 15.9. The molecule has 3 aromatic rings. The number of aliphatic imine (C=N–C) groups is 1. The van der Waals surface area contributed by atoms with E-state index in [1.165, 1.54) is 17.1 Å². The number of aliphatic hydroxyl groups excluding tert-OH is 1. The lowest BCUT2D eigenvalue weighted by Crippen LogP contribution is -2.39. The first-order valence-electron chi connectivity index (χ1n) is 13.2. The number of aromatic amines is 2. The van der Waals surface area contributed by atoms with Crippen molar-refractivity contribution < 1.29 is 42.1 Å². The molecule has 0 radical (unpaired) electrons. The highest BCUT2D eigenvalue weighted by molar-refractivity contribution is 8.32. The van der Waals surface area contributed by atoms with Crippen LogP contribution in [0.3, 0.4) is 0 Å². The molecule has 0 aromatic carbocycles. The number of anilines is 2. The molecule has 0 amide bonds. The molecule has 3 aromatic heterocycles. The van der Waals surface area contributed by atoms with Crippen molar-refractivity contribution >= 4 is 72.5 Å². The highest BCUT2D eigenvalue weighted by Crippen LogP contribution is 2.53. The van der Waals surface area contributed by atoms with Gasteiger partial charge in [0.15, 0.2) is 23.6 Å². The molecule has 0 aliphatic carbocycles. The number of imidazole rings is 1. The summed E-state index contributed by atoms with van der Waals surface area (Å²) in [5.41, 5.74) is 10.5. The number of hydrogen-bond acceptors (Lipinski definition) is 19. The molecule has 4 aliphatic heterocycles. The SMILES string of the molecule is Nc1nc2c(c(=O)[nH]1)N=CC2[C@@H]1O[C@@H]2COP([O-])(=S)O[C@H]3C[C@H](n4cnc5c(=O)[nH]c(N)nc54)O[C@@H]3COP(=O)([S-])O[C@H]2[C@H]1O. The van der Waals surface area contributed by atoms with E-state index in [1.807, 2.05) is 0 Å². The number of nitrogens with two attached hydrogens (primary N) is 2. The number of ether oxygens (including phenoxy) is 2. The van der Waals surface area contributed by atoms with Gasteiger partial charge in [-0.05, 0) is 0 Å². The molecular weight excluding hydrogens is 680 g/mol. The zero-order valence-electron chi connectivity index (χ0n) is 22.5. The molecule has 3 unspecified atom stereocenters. The van der Waals surface area contributed by atoms with E-state index in [4.69, 9.17) is 63.1 Å². The number of nitrogens with one attached hydrogen (secondary N) is 2. The van der Waals surface area contributed by atoms with Crippen LogP contribution < -0.4 is 27.5 Å². The summed E-state index contributed by atoms with van der Waals surface area (Å²) < 4.78 is 49.1. The molecule has 4 aliphatic rings. The molecule has 3 saturated heterocycles. The molecule has 3 fully saturated rings. The van der Waals surface area contributed by atoms with Gasteiger partial charge in [-0.3, -0.25) is 33.7 Å². The fourth-order valence-corrected chi connectivity index (χ4v) is 8.53. The van der Waals surface area contributed by atoms with Crippen molar-refractivity contribution in [2.75, 3.05) is 24.7 Å². The minimum atomic E-state index is -4.36. The summed E-state index contributed by atoms with van der Waals surface area (Å²) in [6.45, 7) is -9.65. The van der Waals surface area contributed by atoms with Crippen molar-refractivity contribution in [2.24, 2.45) is 4.99 Å². The van der Waals surface area contributed by atoms with Crippen LogP contribution in [0.15, 0.2) is 20.9 Å². The maximum absolute atomic E-state index is 13.4. The monoisotopic (exact) mass is 703 g/mol. The van der Waals surface area contributed by atoms with Crippen LogP contribution in [-0.4, -0.2) is 90.6 Å². The zero-order chi connectivity index (χ0) is 31.8. The standard InChI is InChI=1S/C21H25N9O11P2S2/c22-20-26-11-6(2-24-12(11)18(32)28-20)15-14(31)16-9(39-15)4-37-42(34,44)40-7-1-10(38-8(7)3-36-43(35,45)41-16)30-5-25-13-17(30)27-21(23)29-19(13)33/h2,5-10,14-16,31H,1,3-4H2,(H,34,44)(H,35,45)(H3,22,26,28,32)(H3,23,27,29,33)/p-2/t6?,7-,8+,9+,10+,14-,15-,16+,42?,43?/m0/s1. The third kappa shape index (κ3) is 5.79. The van der Waals surface area contributed by atoms with Gasteiger partial charge in [0.05, 0.1) is 37.3 Å². The quantitative estimate of drug-likeness (QED) is 0.147. The number of rotatable bonds is 2. The van der Waals surface area contributed by atoms with Crippen LogP contribution in [-0.2, 0) is 56.2 Å². The third-order valence-corrected chi connectivity index (χ3v) is 10.7. The van der Waals surface area contributed by atoms with Crippen molar-refractivity contribution in [3.8, 4) is 0 Å². The fraction of sp³-hybridized carbons (Fsp3) is 0.524. The third-order valence-electron chi connectivity index (χ3n) is 7.60. The highest BCUT2D eigenvalue weighted by atomic mass is 32.7. The minimum absolute atomic E-state index is 0.000521. The topological polar surface area (TPSA) is 289 Å². The Labute approximate surface area is 261 Å². The van der Waals surface area contributed by atoms with E-state index in [2.05, 4.69) is 29.9 Å². The summed E-state index contributed by atoms with van der Waals surface area (Å²) in [5, 5.41) is 11.3. The van der Waals surface area contributed by atoms with Gasteiger partial charge >= 0.3 is 0 Å². The van der Waals surface area contributed by atoms with Gasteiger partial charge in [-0.2, -0.15) is 4.98 Å². The van der Waals surface area contributed by atoms with Crippen molar-refractivity contribution in [2.45, 2.75) is 55.2 Å². The summed E-state index contributed by atoms with van der Waals surface area (Å²) in [6, 6.07) is 0. The first-order valence-corrected chi connectivity index (χ1v) is 18.3. The Kier molecular flexibility index (Phi) is 7.78. The molecule has 7 N–H and O–H groups in total. The Morgan fingerprint density at radius 1 is 1.04 bits per heavy atom.